The summed E-state index contributed by atoms with van der Waals surface area (Å²) in [4.78, 5) is 4.27. The number of nitrogens with two attached hydrogens (primary N) is 1. The lowest BCUT2D eigenvalue weighted by Crippen LogP contribution is -2.11. The molecule has 3 nitrogen and oxygen atoms in total. The molecule has 0 aliphatic rings. The zero-order chi connectivity index (χ0) is 13.1. The van der Waals surface area contributed by atoms with E-state index < -0.39 is 0 Å². The van der Waals surface area contributed by atoms with E-state index in [0.29, 0.717) is 22.2 Å². The molecule has 1 aromatic heterocycles. The lowest BCUT2D eigenvalue weighted by atomic mass is 10.2. The lowest BCUT2D eigenvalue weighted by Gasteiger charge is -2.08. The number of rotatable bonds is 3. The van der Waals surface area contributed by atoms with Crippen molar-refractivity contribution >= 4 is 28.8 Å². The summed E-state index contributed by atoms with van der Waals surface area (Å²) in [5.74, 6) is 1.18. The van der Waals surface area contributed by atoms with Crippen LogP contribution in [0.4, 0.5) is 0 Å². The Morgan fingerprint density at radius 2 is 2.11 bits per heavy atom. The van der Waals surface area contributed by atoms with Crippen LogP contribution in [0.2, 0.25) is 5.02 Å². The molecule has 0 bridgehead atoms. The molecule has 0 atom stereocenters. The normalized spacial score (nSPS) is 10.1. The van der Waals surface area contributed by atoms with Gasteiger partial charge in [-0.3, -0.25) is 4.98 Å². The van der Waals surface area contributed by atoms with Crippen molar-refractivity contribution in [2.45, 2.75) is 6.92 Å². The minimum Gasteiger partial charge on any atom is -0.456 e. The molecule has 0 fully saturated rings. The van der Waals surface area contributed by atoms with E-state index >= 15 is 0 Å². The first-order valence-corrected chi connectivity index (χ1v) is 6.05. The molecular formula is C13H11ClN2OS. The number of nitrogens with zero attached hydrogens (tertiary/aromatic N) is 1. The number of aryl methyl sites for hydroxylation is 1. The Balaban J connectivity index is 2.28. The molecule has 0 amide bonds. The third kappa shape index (κ3) is 2.97. The number of halogens is 1. The fourth-order valence-corrected chi connectivity index (χ4v) is 1.81. The molecule has 2 rings (SSSR count). The molecule has 2 aromatic rings. The molecule has 1 aromatic carbocycles. The van der Waals surface area contributed by atoms with Crippen LogP contribution in [0.5, 0.6) is 11.5 Å². The fourth-order valence-electron chi connectivity index (χ4n) is 1.43. The van der Waals surface area contributed by atoms with Gasteiger partial charge in [0.1, 0.15) is 22.2 Å². The second kappa shape index (κ2) is 5.33. The molecule has 92 valence electrons. The molecule has 5 heteroatoms. The predicted octanol–water partition coefficient (Wildman–Crippen LogP) is 3.47. The van der Waals surface area contributed by atoms with Gasteiger partial charge in [0.15, 0.2) is 0 Å². The van der Waals surface area contributed by atoms with Gasteiger partial charge in [-0.2, -0.15) is 0 Å². The van der Waals surface area contributed by atoms with E-state index in [1.54, 1.807) is 18.3 Å². The van der Waals surface area contributed by atoms with Gasteiger partial charge in [-0.25, -0.2) is 0 Å². The van der Waals surface area contributed by atoms with E-state index in [2.05, 4.69) is 4.98 Å². The van der Waals surface area contributed by atoms with Crippen molar-refractivity contribution in [1.82, 2.24) is 4.98 Å². The Hall–Kier alpha value is -1.65. The van der Waals surface area contributed by atoms with Gasteiger partial charge >= 0.3 is 0 Å². The van der Waals surface area contributed by atoms with Crippen LogP contribution >= 0.6 is 23.8 Å². The summed E-state index contributed by atoms with van der Waals surface area (Å²) in [5.41, 5.74) is 7.11. The van der Waals surface area contributed by atoms with Crippen LogP contribution in [-0.4, -0.2) is 9.97 Å². The van der Waals surface area contributed by atoms with E-state index in [9.17, 15) is 0 Å². The number of hydrogen-bond donors (Lipinski definition) is 1. The van der Waals surface area contributed by atoms with E-state index in [-0.39, 0.29) is 4.99 Å². The highest BCUT2D eigenvalue weighted by Gasteiger charge is 2.05. The smallest absolute Gasteiger partial charge is 0.146 e. The van der Waals surface area contributed by atoms with Crippen molar-refractivity contribution in [3.8, 4) is 11.5 Å². The molecule has 0 aliphatic carbocycles. The van der Waals surface area contributed by atoms with Crippen molar-refractivity contribution in [2.75, 3.05) is 0 Å². The third-order valence-electron chi connectivity index (χ3n) is 2.30. The number of pyridine rings is 1. The van der Waals surface area contributed by atoms with E-state index in [4.69, 9.17) is 34.3 Å². The molecular weight excluding hydrogens is 268 g/mol. The average Bonchev–Trinajstić information content (AvgIpc) is 2.33. The quantitative estimate of drug-likeness (QED) is 0.874. The summed E-state index contributed by atoms with van der Waals surface area (Å²) in [6, 6.07) is 8.98. The largest absolute Gasteiger partial charge is 0.456 e. The molecule has 0 saturated carbocycles. The monoisotopic (exact) mass is 278 g/mol. The molecule has 1 heterocycles. The van der Waals surface area contributed by atoms with Crippen LogP contribution < -0.4 is 10.5 Å². The fraction of sp³-hybridized carbons (Fsp3) is 0.0769. The summed E-state index contributed by atoms with van der Waals surface area (Å²) < 4.78 is 5.67. The maximum atomic E-state index is 6.09. The molecule has 2 N–H and O–H groups in total. The minimum atomic E-state index is 0.232. The maximum absolute atomic E-state index is 6.09. The van der Waals surface area contributed by atoms with Gasteiger partial charge in [0, 0.05) is 12.3 Å². The zero-order valence-corrected chi connectivity index (χ0v) is 11.3. The van der Waals surface area contributed by atoms with Crippen LogP contribution in [0, 0.1) is 6.92 Å². The number of benzene rings is 1. The van der Waals surface area contributed by atoms with Crippen LogP contribution in [0.15, 0.2) is 36.5 Å². The number of thiocarbonyl (C=S) groups is 1. The highest BCUT2D eigenvalue weighted by Crippen LogP contribution is 2.29. The Bertz CT molecular complexity index is 601. The van der Waals surface area contributed by atoms with Crippen LogP contribution in [-0.2, 0) is 0 Å². The third-order valence-corrected chi connectivity index (χ3v) is 2.80. The first-order chi connectivity index (χ1) is 8.56. The van der Waals surface area contributed by atoms with Gasteiger partial charge in [0.25, 0.3) is 0 Å². The Labute approximate surface area is 116 Å². The van der Waals surface area contributed by atoms with Crippen LogP contribution in [0.3, 0.4) is 0 Å². The SMILES string of the molecule is Cc1ccc(Oc2ccnc(C(N)=S)c2)c(Cl)c1. The van der Waals surface area contributed by atoms with E-state index in [1.807, 2.05) is 25.1 Å². The second-order valence-electron chi connectivity index (χ2n) is 3.78. The second-order valence-corrected chi connectivity index (χ2v) is 4.62. The van der Waals surface area contributed by atoms with Gasteiger partial charge in [-0.15, -0.1) is 0 Å². The summed E-state index contributed by atoms with van der Waals surface area (Å²) in [6.07, 6.45) is 1.59. The average molecular weight is 279 g/mol. The van der Waals surface area contributed by atoms with Gasteiger partial charge in [-0.1, -0.05) is 29.9 Å². The van der Waals surface area contributed by atoms with Gasteiger partial charge in [0.2, 0.25) is 0 Å². The van der Waals surface area contributed by atoms with Crippen molar-refractivity contribution in [3.63, 3.8) is 0 Å². The summed E-state index contributed by atoms with van der Waals surface area (Å²) in [7, 11) is 0. The number of ether oxygens (including phenoxy) is 1. The first kappa shape index (κ1) is 12.8. The lowest BCUT2D eigenvalue weighted by molar-refractivity contribution is 0.482. The van der Waals surface area contributed by atoms with Crippen LogP contribution in [0.1, 0.15) is 11.3 Å². The topological polar surface area (TPSA) is 48.1 Å². The number of hydrogen-bond acceptors (Lipinski definition) is 3. The maximum Gasteiger partial charge on any atom is 0.146 e. The molecule has 18 heavy (non-hydrogen) atoms. The molecule has 0 aliphatic heterocycles. The standard InChI is InChI=1S/C13H11ClN2OS/c1-8-2-3-12(10(14)6-8)17-9-4-5-16-11(7-9)13(15)18/h2-7H,1H3,(H2,15,18). The Morgan fingerprint density at radius 1 is 1.33 bits per heavy atom. The van der Waals surface area contributed by atoms with Crippen molar-refractivity contribution in [3.05, 3.63) is 52.8 Å². The highest BCUT2D eigenvalue weighted by atomic mass is 35.5. The van der Waals surface area contributed by atoms with Crippen molar-refractivity contribution in [1.29, 1.82) is 0 Å². The predicted molar refractivity (Wildman–Crippen MR) is 76.4 cm³/mol. The summed E-state index contributed by atoms with van der Waals surface area (Å²) in [5, 5.41) is 0.559. The Morgan fingerprint density at radius 3 is 2.78 bits per heavy atom. The highest BCUT2D eigenvalue weighted by molar-refractivity contribution is 7.80. The summed E-state index contributed by atoms with van der Waals surface area (Å²) in [6.45, 7) is 1.97. The Kier molecular flexibility index (Phi) is 3.79. The van der Waals surface area contributed by atoms with Crippen molar-refractivity contribution < 1.29 is 4.74 Å². The van der Waals surface area contributed by atoms with Crippen molar-refractivity contribution in [2.24, 2.45) is 5.73 Å². The van der Waals surface area contributed by atoms with Gasteiger partial charge in [0.05, 0.1) is 5.02 Å². The van der Waals surface area contributed by atoms with E-state index in [1.165, 1.54) is 0 Å². The first-order valence-electron chi connectivity index (χ1n) is 5.26. The van der Waals surface area contributed by atoms with Crippen LogP contribution in [0.25, 0.3) is 0 Å². The zero-order valence-electron chi connectivity index (χ0n) is 9.68. The molecule has 0 saturated heterocycles. The molecule has 0 spiro atoms. The minimum absolute atomic E-state index is 0.232. The van der Waals surface area contributed by atoms with Gasteiger partial charge < -0.3 is 10.5 Å². The number of aromatic nitrogens is 1. The molecule has 0 unspecified atom stereocenters. The summed E-state index contributed by atoms with van der Waals surface area (Å²) >= 11 is 11.0. The molecule has 0 radical (unpaired) electrons. The van der Waals surface area contributed by atoms with Gasteiger partial charge in [-0.05, 0) is 30.7 Å². The van der Waals surface area contributed by atoms with E-state index in [0.717, 1.165) is 5.56 Å².